The number of H-pyrrole nitrogens is 1. The SMILES string of the molecule is Nc1ccc(-c2ccc(N)cc2Oc2ccc(-c3nc4ccccc4[nH]3)cc2)cc1. The Kier molecular flexibility index (Phi) is 4.33. The molecule has 0 atom stereocenters. The molecule has 0 unspecified atom stereocenters. The summed E-state index contributed by atoms with van der Waals surface area (Å²) >= 11 is 0. The van der Waals surface area contributed by atoms with Crippen LogP contribution in [-0.4, -0.2) is 9.97 Å². The smallest absolute Gasteiger partial charge is 0.138 e. The molecule has 0 aliphatic carbocycles. The van der Waals surface area contributed by atoms with Gasteiger partial charge in [-0.05, 0) is 66.2 Å². The summed E-state index contributed by atoms with van der Waals surface area (Å²) in [5, 5.41) is 0. The molecule has 0 amide bonds. The zero-order valence-electron chi connectivity index (χ0n) is 16.2. The van der Waals surface area contributed by atoms with Gasteiger partial charge in [-0.1, -0.05) is 24.3 Å². The molecular weight excluding hydrogens is 372 g/mol. The topological polar surface area (TPSA) is 89.9 Å². The van der Waals surface area contributed by atoms with E-state index in [2.05, 4.69) is 9.97 Å². The normalized spacial score (nSPS) is 10.9. The van der Waals surface area contributed by atoms with Gasteiger partial charge in [0, 0.05) is 28.6 Å². The lowest BCUT2D eigenvalue weighted by Gasteiger charge is -2.13. The summed E-state index contributed by atoms with van der Waals surface area (Å²) in [7, 11) is 0. The Hall–Kier alpha value is -4.25. The molecule has 4 aromatic carbocycles. The van der Waals surface area contributed by atoms with Crippen LogP contribution in [0.3, 0.4) is 0 Å². The third-order valence-electron chi connectivity index (χ3n) is 4.97. The van der Waals surface area contributed by atoms with E-state index in [0.29, 0.717) is 11.4 Å². The number of aromatic amines is 1. The van der Waals surface area contributed by atoms with Crippen molar-refractivity contribution in [3.05, 3.63) is 91.0 Å². The lowest BCUT2D eigenvalue weighted by atomic mass is 10.0. The summed E-state index contributed by atoms with van der Waals surface area (Å²) in [4.78, 5) is 7.99. The minimum Gasteiger partial charge on any atom is -0.457 e. The molecule has 146 valence electrons. The van der Waals surface area contributed by atoms with Crippen LogP contribution < -0.4 is 16.2 Å². The number of benzene rings is 4. The molecule has 0 aliphatic rings. The number of nitrogens with one attached hydrogen (secondary N) is 1. The van der Waals surface area contributed by atoms with Crippen LogP contribution in [0.4, 0.5) is 11.4 Å². The first-order chi connectivity index (χ1) is 14.7. The number of nitrogens with zero attached hydrogens (tertiary/aromatic N) is 1. The van der Waals surface area contributed by atoms with Crippen LogP contribution in [0.2, 0.25) is 0 Å². The second-order valence-electron chi connectivity index (χ2n) is 7.11. The van der Waals surface area contributed by atoms with Gasteiger partial charge in [0.1, 0.15) is 17.3 Å². The fourth-order valence-electron chi connectivity index (χ4n) is 3.42. The number of rotatable bonds is 4. The first-order valence-electron chi connectivity index (χ1n) is 9.64. The maximum Gasteiger partial charge on any atom is 0.138 e. The van der Waals surface area contributed by atoms with Gasteiger partial charge in [-0.15, -0.1) is 0 Å². The van der Waals surface area contributed by atoms with Gasteiger partial charge in [0.25, 0.3) is 0 Å². The van der Waals surface area contributed by atoms with E-state index in [4.69, 9.17) is 16.2 Å². The zero-order valence-corrected chi connectivity index (χ0v) is 16.2. The Balaban J connectivity index is 1.45. The van der Waals surface area contributed by atoms with E-state index in [1.54, 1.807) is 0 Å². The first kappa shape index (κ1) is 17.8. The number of nitrogens with two attached hydrogens (primary N) is 2. The third kappa shape index (κ3) is 3.44. The summed E-state index contributed by atoms with van der Waals surface area (Å²) in [5.74, 6) is 2.24. The van der Waals surface area contributed by atoms with Crippen molar-refractivity contribution in [2.45, 2.75) is 0 Å². The molecule has 0 radical (unpaired) electrons. The van der Waals surface area contributed by atoms with Crippen molar-refractivity contribution >= 4 is 22.4 Å². The minimum atomic E-state index is 0.642. The van der Waals surface area contributed by atoms with Crippen LogP contribution in [0.5, 0.6) is 11.5 Å². The van der Waals surface area contributed by atoms with Gasteiger partial charge in [-0.2, -0.15) is 0 Å². The molecule has 5 rings (SSSR count). The highest BCUT2D eigenvalue weighted by molar-refractivity contribution is 5.79. The van der Waals surface area contributed by atoms with Crippen molar-refractivity contribution in [3.8, 4) is 34.0 Å². The molecule has 0 saturated heterocycles. The third-order valence-corrected chi connectivity index (χ3v) is 4.97. The number of para-hydroxylation sites is 2. The fraction of sp³-hybridized carbons (Fsp3) is 0. The van der Waals surface area contributed by atoms with Crippen molar-refractivity contribution in [1.82, 2.24) is 9.97 Å². The van der Waals surface area contributed by atoms with E-state index in [9.17, 15) is 0 Å². The summed E-state index contributed by atoms with van der Waals surface area (Å²) in [5.41, 5.74) is 18.1. The molecule has 0 saturated carbocycles. The van der Waals surface area contributed by atoms with E-state index >= 15 is 0 Å². The highest BCUT2D eigenvalue weighted by atomic mass is 16.5. The molecule has 0 bridgehead atoms. The van der Waals surface area contributed by atoms with E-state index in [-0.39, 0.29) is 0 Å². The van der Waals surface area contributed by atoms with Gasteiger partial charge in [0.05, 0.1) is 11.0 Å². The maximum absolute atomic E-state index is 6.18. The molecule has 5 N–H and O–H groups in total. The monoisotopic (exact) mass is 392 g/mol. The summed E-state index contributed by atoms with van der Waals surface area (Å²) in [6, 6.07) is 29.2. The Labute approximate surface area is 174 Å². The van der Waals surface area contributed by atoms with E-state index < -0.39 is 0 Å². The first-order valence-corrected chi connectivity index (χ1v) is 9.64. The number of anilines is 2. The summed E-state index contributed by atoms with van der Waals surface area (Å²) < 4.78 is 6.18. The van der Waals surface area contributed by atoms with Crippen LogP contribution in [0.1, 0.15) is 0 Å². The predicted molar refractivity (Wildman–Crippen MR) is 122 cm³/mol. The fourth-order valence-corrected chi connectivity index (χ4v) is 3.42. The van der Waals surface area contributed by atoms with Crippen LogP contribution in [0.15, 0.2) is 91.0 Å². The van der Waals surface area contributed by atoms with Gasteiger partial charge in [0.15, 0.2) is 0 Å². The predicted octanol–water partition coefficient (Wildman–Crippen LogP) is 5.85. The number of aromatic nitrogens is 2. The highest BCUT2D eigenvalue weighted by Gasteiger charge is 2.10. The summed E-state index contributed by atoms with van der Waals surface area (Å²) in [6.45, 7) is 0. The van der Waals surface area contributed by atoms with Crippen molar-refractivity contribution < 1.29 is 4.74 Å². The number of nitrogen functional groups attached to an aromatic ring is 2. The lowest BCUT2D eigenvalue weighted by Crippen LogP contribution is -1.92. The lowest BCUT2D eigenvalue weighted by molar-refractivity contribution is 0.485. The molecule has 1 heterocycles. The number of hydrogen-bond donors (Lipinski definition) is 3. The number of ether oxygens (including phenoxy) is 1. The second-order valence-corrected chi connectivity index (χ2v) is 7.11. The molecule has 5 heteroatoms. The van der Waals surface area contributed by atoms with Gasteiger partial charge in [-0.3, -0.25) is 0 Å². The van der Waals surface area contributed by atoms with E-state index in [1.165, 1.54) is 0 Å². The van der Waals surface area contributed by atoms with Crippen molar-refractivity contribution in [1.29, 1.82) is 0 Å². The van der Waals surface area contributed by atoms with Crippen molar-refractivity contribution in [2.75, 3.05) is 11.5 Å². The van der Waals surface area contributed by atoms with E-state index in [1.807, 2.05) is 91.0 Å². The summed E-state index contributed by atoms with van der Waals surface area (Å²) in [6.07, 6.45) is 0. The van der Waals surface area contributed by atoms with Crippen molar-refractivity contribution in [2.24, 2.45) is 0 Å². The van der Waals surface area contributed by atoms with Gasteiger partial charge in [-0.25, -0.2) is 4.98 Å². The minimum absolute atomic E-state index is 0.642. The number of hydrogen-bond acceptors (Lipinski definition) is 4. The van der Waals surface area contributed by atoms with E-state index in [0.717, 1.165) is 45.0 Å². The largest absolute Gasteiger partial charge is 0.457 e. The molecule has 0 fully saturated rings. The van der Waals surface area contributed by atoms with Gasteiger partial charge >= 0.3 is 0 Å². The molecule has 0 aliphatic heterocycles. The number of fused-ring (bicyclic) bond motifs is 1. The second kappa shape index (κ2) is 7.29. The molecular formula is C25H20N4O. The van der Waals surface area contributed by atoms with Crippen LogP contribution >= 0.6 is 0 Å². The average molecular weight is 392 g/mol. The highest BCUT2D eigenvalue weighted by Crippen LogP contribution is 2.36. The number of imidazole rings is 1. The molecule has 30 heavy (non-hydrogen) atoms. The quantitative estimate of drug-likeness (QED) is 0.334. The molecule has 5 aromatic rings. The Bertz CT molecular complexity index is 1290. The standard InChI is InChI=1S/C25H20N4O/c26-18-9-5-16(6-10-18)21-14-11-19(27)15-24(21)30-20-12-7-17(8-13-20)25-28-22-3-1-2-4-23(22)29-25/h1-15H,26-27H2,(H,28,29). The van der Waals surface area contributed by atoms with Gasteiger partial charge in [0.2, 0.25) is 0 Å². The van der Waals surface area contributed by atoms with Crippen molar-refractivity contribution in [3.63, 3.8) is 0 Å². The Morgan fingerprint density at radius 2 is 1.40 bits per heavy atom. The van der Waals surface area contributed by atoms with Crippen LogP contribution in [-0.2, 0) is 0 Å². The average Bonchev–Trinajstić information content (AvgIpc) is 3.20. The van der Waals surface area contributed by atoms with Crippen LogP contribution in [0, 0.1) is 0 Å². The maximum atomic E-state index is 6.18. The van der Waals surface area contributed by atoms with Crippen LogP contribution in [0.25, 0.3) is 33.5 Å². The molecule has 5 nitrogen and oxygen atoms in total. The molecule has 0 spiro atoms. The van der Waals surface area contributed by atoms with Gasteiger partial charge < -0.3 is 21.2 Å². The zero-order chi connectivity index (χ0) is 20.5. The molecule has 1 aromatic heterocycles. The Morgan fingerprint density at radius 1 is 0.700 bits per heavy atom. The Morgan fingerprint density at radius 3 is 2.17 bits per heavy atom.